The average Bonchev–Trinajstić information content (AvgIpc) is 2.72. The van der Waals surface area contributed by atoms with Crippen LogP contribution >= 0.6 is 11.3 Å². The highest BCUT2D eigenvalue weighted by Crippen LogP contribution is 2.33. The number of rotatable bonds is 6. The monoisotopic (exact) mass is 270 g/mol. The van der Waals surface area contributed by atoms with Gasteiger partial charge in [-0.15, -0.1) is 11.3 Å². The van der Waals surface area contributed by atoms with Gasteiger partial charge in [-0.3, -0.25) is 0 Å². The summed E-state index contributed by atoms with van der Waals surface area (Å²) >= 11 is 1.78. The van der Waals surface area contributed by atoms with Crippen LogP contribution in [0.4, 0.5) is 0 Å². The van der Waals surface area contributed by atoms with E-state index < -0.39 is 0 Å². The molecule has 0 bridgehead atoms. The van der Waals surface area contributed by atoms with Crippen molar-refractivity contribution in [3.63, 3.8) is 0 Å². The molecule has 0 fully saturated rings. The maximum Gasteiger partial charge on any atom is 0.122 e. The molecule has 1 aromatic rings. The zero-order valence-corrected chi connectivity index (χ0v) is 13.3. The Morgan fingerprint density at radius 3 is 2.44 bits per heavy atom. The van der Waals surface area contributed by atoms with Crippen molar-refractivity contribution in [2.75, 3.05) is 13.7 Å². The molecule has 0 amide bonds. The zero-order valence-electron chi connectivity index (χ0n) is 12.5. The smallest absolute Gasteiger partial charge is 0.122 e. The Morgan fingerprint density at radius 2 is 2.00 bits per heavy atom. The van der Waals surface area contributed by atoms with Gasteiger partial charge in [-0.1, -0.05) is 34.6 Å². The van der Waals surface area contributed by atoms with E-state index in [4.69, 9.17) is 9.72 Å². The molecule has 0 aliphatic rings. The Bertz CT molecular complexity index is 364. The van der Waals surface area contributed by atoms with Gasteiger partial charge in [-0.2, -0.15) is 0 Å². The van der Waals surface area contributed by atoms with Gasteiger partial charge in [0.15, 0.2) is 0 Å². The minimum absolute atomic E-state index is 0.0888. The molecule has 4 heteroatoms. The van der Waals surface area contributed by atoms with Gasteiger partial charge in [0.05, 0.1) is 5.69 Å². The normalized spacial score (nSPS) is 13.9. The van der Waals surface area contributed by atoms with E-state index in [1.165, 1.54) is 10.6 Å². The van der Waals surface area contributed by atoms with E-state index in [-0.39, 0.29) is 11.5 Å². The van der Waals surface area contributed by atoms with E-state index in [0.29, 0.717) is 0 Å². The van der Waals surface area contributed by atoms with E-state index >= 15 is 0 Å². The fourth-order valence-electron chi connectivity index (χ4n) is 1.89. The SMILES string of the molecule is CCNCc1sc(C(CC)OC)nc1C(C)(C)C. The Kier molecular flexibility index (Phi) is 5.76. The van der Waals surface area contributed by atoms with Crippen LogP contribution in [0.2, 0.25) is 0 Å². The second-order valence-corrected chi connectivity index (χ2v) is 6.60. The predicted molar refractivity (Wildman–Crippen MR) is 78.2 cm³/mol. The molecule has 0 aliphatic carbocycles. The van der Waals surface area contributed by atoms with Crippen molar-refractivity contribution in [2.45, 2.75) is 59.1 Å². The molecule has 0 spiro atoms. The molecule has 1 rings (SSSR count). The lowest BCUT2D eigenvalue weighted by Crippen LogP contribution is -2.18. The van der Waals surface area contributed by atoms with Gasteiger partial charge in [0.1, 0.15) is 11.1 Å². The van der Waals surface area contributed by atoms with Crippen molar-refractivity contribution in [1.82, 2.24) is 10.3 Å². The van der Waals surface area contributed by atoms with Crippen LogP contribution in [0.5, 0.6) is 0 Å². The molecule has 1 aromatic heterocycles. The van der Waals surface area contributed by atoms with Crippen LogP contribution in [-0.2, 0) is 16.7 Å². The van der Waals surface area contributed by atoms with Crippen LogP contribution < -0.4 is 5.32 Å². The summed E-state index contributed by atoms with van der Waals surface area (Å²) in [7, 11) is 1.76. The summed E-state index contributed by atoms with van der Waals surface area (Å²) in [5.74, 6) is 0. The molecule has 0 radical (unpaired) electrons. The maximum atomic E-state index is 5.50. The molecular formula is C14H26N2OS. The first kappa shape index (κ1) is 15.6. The van der Waals surface area contributed by atoms with Crippen molar-refractivity contribution < 1.29 is 4.74 Å². The van der Waals surface area contributed by atoms with Crippen molar-refractivity contribution in [3.8, 4) is 0 Å². The molecule has 0 saturated heterocycles. The summed E-state index contributed by atoms with van der Waals surface area (Å²) in [5, 5.41) is 4.50. The number of ether oxygens (including phenoxy) is 1. The molecular weight excluding hydrogens is 244 g/mol. The van der Waals surface area contributed by atoms with Gasteiger partial charge in [0, 0.05) is 23.9 Å². The van der Waals surface area contributed by atoms with Crippen molar-refractivity contribution in [2.24, 2.45) is 0 Å². The highest BCUT2D eigenvalue weighted by molar-refractivity contribution is 7.11. The predicted octanol–water partition coefficient (Wildman–Crippen LogP) is 3.65. The fraction of sp³-hybridized carbons (Fsp3) is 0.786. The number of hydrogen-bond donors (Lipinski definition) is 1. The largest absolute Gasteiger partial charge is 0.374 e. The third-order valence-corrected chi connectivity index (χ3v) is 4.04. The zero-order chi connectivity index (χ0) is 13.8. The van der Waals surface area contributed by atoms with E-state index in [9.17, 15) is 0 Å². The van der Waals surface area contributed by atoms with Crippen LogP contribution in [0.15, 0.2) is 0 Å². The van der Waals surface area contributed by atoms with Gasteiger partial charge >= 0.3 is 0 Å². The second-order valence-electron chi connectivity index (χ2n) is 5.49. The Morgan fingerprint density at radius 1 is 1.33 bits per heavy atom. The van der Waals surface area contributed by atoms with Gasteiger partial charge in [-0.05, 0) is 13.0 Å². The number of methoxy groups -OCH3 is 1. The van der Waals surface area contributed by atoms with Gasteiger partial charge in [-0.25, -0.2) is 4.98 Å². The Hall–Kier alpha value is -0.450. The highest BCUT2D eigenvalue weighted by atomic mass is 32.1. The van der Waals surface area contributed by atoms with Crippen molar-refractivity contribution in [1.29, 1.82) is 0 Å². The van der Waals surface area contributed by atoms with Crippen LogP contribution in [0.3, 0.4) is 0 Å². The highest BCUT2D eigenvalue weighted by Gasteiger charge is 2.25. The fourth-order valence-corrected chi connectivity index (χ4v) is 3.30. The number of aromatic nitrogens is 1. The van der Waals surface area contributed by atoms with E-state index in [2.05, 4.69) is 39.9 Å². The summed E-state index contributed by atoms with van der Waals surface area (Å²) in [6, 6.07) is 0. The van der Waals surface area contributed by atoms with Crippen molar-refractivity contribution >= 4 is 11.3 Å². The van der Waals surface area contributed by atoms with E-state index in [1.807, 2.05) is 0 Å². The number of nitrogens with zero attached hydrogens (tertiary/aromatic N) is 1. The third-order valence-electron chi connectivity index (χ3n) is 2.89. The van der Waals surface area contributed by atoms with Gasteiger partial charge < -0.3 is 10.1 Å². The van der Waals surface area contributed by atoms with Gasteiger partial charge in [0.2, 0.25) is 0 Å². The first-order valence-electron chi connectivity index (χ1n) is 6.67. The van der Waals surface area contributed by atoms with Crippen molar-refractivity contribution in [3.05, 3.63) is 15.6 Å². The van der Waals surface area contributed by atoms with Crippen LogP contribution in [0, 0.1) is 0 Å². The van der Waals surface area contributed by atoms with Crippen LogP contribution in [0.25, 0.3) is 0 Å². The minimum Gasteiger partial charge on any atom is -0.374 e. The van der Waals surface area contributed by atoms with E-state index in [0.717, 1.165) is 24.5 Å². The molecule has 1 unspecified atom stereocenters. The first-order valence-corrected chi connectivity index (χ1v) is 7.49. The summed E-state index contributed by atoms with van der Waals surface area (Å²) in [6.07, 6.45) is 1.10. The topological polar surface area (TPSA) is 34.1 Å². The summed E-state index contributed by atoms with van der Waals surface area (Å²) in [5.41, 5.74) is 1.30. The lowest BCUT2D eigenvalue weighted by Gasteiger charge is -2.17. The third kappa shape index (κ3) is 3.77. The number of nitrogens with one attached hydrogen (secondary N) is 1. The lowest BCUT2D eigenvalue weighted by molar-refractivity contribution is 0.0995. The van der Waals surface area contributed by atoms with Crippen LogP contribution in [-0.4, -0.2) is 18.6 Å². The molecule has 1 N–H and O–H groups in total. The molecule has 104 valence electrons. The maximum absolute atomic E-state index is 5.50. The summed E-state index contributed by atoms with van der Waals surface area (Å²) < 4.78 is 5.50. The second kappa shape index (κ2) is 6.64. The lowest BCUT2D eigenvalue weighted by atomic mass is 9.91. The minimum atomic E-state index is 0.0888. The standard InChI is InChI=1S/C14H26N2OS/c1-7-10(17-6)13-16-12(14(3,4)5)11(18-13)9-15-8-2/h10,15H,7-9H2,1-6H3. The van der Waals surface area contributed by atoms with Gasteiger partial charge in [0.25, 0.3) is 0 Å². The van der Waals surface area contributed by atoms with Crippen LogP contribution in [0.1, 0.15) is 62.7 Å². The first-order chi connectivity index (χ1) is 8.43. The number of hydrogen-bond acceptors (Lipinski definition) is 4. The average molecular weight is 270 g/mol. The van der Waals surface area contributed by atoms with E-state index in [1.54, 1.807) is 18.4 Å². The summed E-state index contributed by atoms with van der Waals surface area (Å²) in [6.45, 7) is 12.8. The molecule has 0 aliphatic heterocycles. The summed E-state index contributed by atoms with van der Waals surface area (Å²) in [4.78, 5) is 6.17. The Balaban J connectivity index is 3.06. The molecule has 18 heavy (non-hydrogen) atoms. The molecule has 0 saturated carbocycles. The Labute approximate surface area is 115 Å². The molecule has 1 atom stereocenters. The molecule has 0 aromatic carbocycles. The molecule has 1 heterocycles. The molecule has 3 nitrogen and oxygen atoms in total. The number of thiazole rings is 1. The quantitative estimate of drug-likeness (QED) is 0.857.